The second-order valence-electron chi connectivity index (χ2n) is 5.60. The smallest absolute Gasteiger partial charge is 0.227 e. The van der Waals surface area contributed by atoms with Gasteiger partial charge in [0.2, 0.25) is 11.7 Å². The van der Waals surface area contributed by atoms with Crippen molar-refractivity contribution >= 4 is 11.6 Å². The summed E-state index contributed by atoms with van der Waals surface area (Å²) < 4.78 is 15.9. The molecule has 2 heterocycles. The molecule has 0 saturated carbocycles. The van der Waals surface area contributed by atoms with E-state index in [1.807, 2.05) is 0 Å². The summed E-state index contributed by atoms with van der Waals surface area (Å²) in [7, 11) is 3.12. The molecule has 23 heavy (non-hydrogen) atoms. The quantitative estimate of drug-likeness (QED) is 0.904. The van der Waals surface area contributed by atoms with Gasteiger partial charge in [-0.05, 0) is 44.0 Å². The molecule has 0 atom stereocenters. The average Bonchev–Trinajstić information content (AvgIpc) is 3.03. The van der Waals surface area contributed by atoms with Gasteiger partial charge in [-0.3, -0.25) is 0 Å². The van der Waals surface area contributed by atoms with E-state index in [4.69, 9.17) is 25.6 Å². The third-order valence-electron chi connectivity index (χ3n) is 4.08. The normalized spacial score (nSPS) is 15.6. The van der Waals surface area contributed by atoms with Crippen LogP contribution in [-0.4, -0.2) is 37.4 Å². The Hall–Kier alpha value is -1.79. The third kappa shape index (κ3) is 3.59. The molecule has 1 saturated heterocycles. The zero-order chi connectivity index (χ0) is 16.2. The second kappa shape index (κ2) is 7.19. The number of rotatable bonds is 5. The summed E-state index contributed by atoms with van der Waals surface area (Å²) in [6.07, 6.45) is 3.09. The summed E-state index contributed by atoms with van der Waals surface area (Å²) in [5.41, 5.74) is 0.743. The van der Waals surface area contributed by atoms with Crippen molar-refractivity contribution in [3.63, 3.8) is 0 Å². The van der Waals surface area contributed by atoms with Gasteiger partial charge in [-0.15, -0.1) is 0 Å². The minimum Gasteiger partial charge on any atom is -0.493 e. The number of benzene rings is 1. The van der Waals surface area contributed by atoms with Gasteiger partial charge >= 0.3 is 0 Å². The number of ether oxygens (including phenoxy) is 2. The van der Waals surface area contributed by atoms with Crippen molar-refractivity contribution in [3.8, 4) is 22.9 Å². The molecule has 1 aliphatic rings. The molecule has 1 aliphatic heterocycles. The molecule has 0 aliphatic carbocycles. The van der Waals surface area contributed by atoms with Crippen molar-refractivity contribution in [2.24, 2.45) is 5.92 Å². The lowest BCUT2D eigenvalue weighted by atomic mass is 9.95. The fourth-order valence-electron chi connectivity index (χ4n) is 2.83. The van der Waals surface area contributed by atoms with Crippen LogP contribution < -0.4 is 14.8 Å². The standard InChI is InChI=1S/C16H20ClN3O3/c1-21-13-9-11(8-12(17)15(13)22-2)16-19-14(23-20-16)7-10-3-5-18-6-4-10/h8-10,18H,3-7H2,1-2H3. The number of nitrogens with zero attached hydrogens (tertiary/aromatic N) is 2. The number of hydrogen-bond donors (Lipinski definition) is 1. The van der Waals surface area contributed by atoms with Crippen LogP contribution in [0.2, 0.25) is 5.02 Å². The Morgan fingerprint density at radius 1 is 1.26 bits per heavy atom. The predicted octanol–water partition coefficient (Wildman–Crippen LogP) is 2.95. The van der Waals surface area contributed by atoms with Crippen LogP contribution in [0.5, 0.6) is 11.5 Å². The molecule has 2 aromatic rings. The van der Waals surface area contributed by atoms with Gasteiger partial charge in [0, 0.05) is 12.0 Å². The molecule has 1 aromatic carbocycles. The van der Waals surface area contributed by atoms with Crippen LogP contribution in [0.25, 0.3) is 11.4 Å². The van der Waals surface area contributed by atoms with Gasteiger partial charge in [-0.1, -0.05) is 16.8 Å². The van der Waals surface area contributed by atoms with E-state index in [1.54, 1.807) is 26.4 Å². The Morgan fingerprint density at radius 2 is 2.04 bits per heavy atom. The topological polar surface area (TPSA) is 69.4 Å². The molecule has 6 nitrogen and oxygen atoms in total. The Kier molecular flexibility index (Phi) is 5.03. The summed E-state index contributed by atoms with van der Waals surface area (Å²) in [5, 5.41) is 7.87. The first kappa shape index (κ1) is 16.1. The maximum absolute atomic E-state index is 6.23. The summed E-state index contributed by atoms with van der Waals surface area (Å²) >= 11 is 6.23. The first-order valence-corrected chi connectivity index (χ1v) is 8.04. The van der Waals surface area contributed by atoms with Crippen molar-refractivity contribution in [2.45, 2.75) is 19.3 Å². The number of nitrogens with one attached hydrogen (secondary N) is 1. The maximum Gasteiger partial charge on any atom is 0.227 e. The van der Waals surface area contributed by atoms with Gasteiger partial charge in [0.25, 0.3) is 0 Å². The van der Waals surface area contributed by atoms with Gasteiger partial charge in [-0.25, -0.2) is 0 Å². The van der Waals surface area contributed by atoms with E-state index in [-0.39, 0.29) is 0 Å². The maximum atomic E-state index is 6.23. The van der Waals surface area contributed by atoms with Gasteiger partial charge in [0.15, 0.2) is 11.5 Å². The molecule has 0 amide bonds. The van der Waals surface area contributed by atoms with Crippen LogP contribution in [-0.2, 0) is 6.42 Å². The highest BCUT2D eigenvalue weighted by atomic mass is 35.5. The lowest BCUT2D eigenvalue weighted by Crippen LogP contribution is -2.28. The van der Waals surface area contributed by atoms with E-state index in [0.717, 1.165) is 37.9 Å². The molecule has 0 spiro atoms. The number of hydrogen-bond acceptors (Lipinski definition) is 6. The van der Waals surface area contributed by atoms with Crippen molar-refractivity contribution in [2.75, 3.05) is 27.3 Å². The van der Waals surface area contributed by atoms with Crippen LogP contribution in [0.1, 0.15) is 18.7 Å². The molecule has 0 radical (unpaired) electrons. The first-order valence-electron chi connectivity index (χ1n) is 7.66. The SMILES string of the molecule is COc1cc(-c2noc(CC3CCNCC3)n2)cc(Cl)c1OC. The van der Waals surface area contributed by atoms with Gasteiger partial charge in [0.05, 0.1) is 19.2 Å². The monoisotopic (exact) mass is 337 g/mol. The lowest BCUT2D eigenvalue weighted by molar-refractivity contribution is 0.313. The Morgan fingerprint density at radius 3 is 2.74 bits per heavy atom. The molecule has 1 aromatic heterocycles. The summed E-state index contributed by atoms with van der Waals surface area (Å²) in [4.78, 5) is 4.49. The molecule has 0 bridgehead atoms. The zero-order valence-corrected chi connectivity index (χ0v) is 14.0. The number of halogens is 1. The largest absolute Gasteiger partial charge is 0.493 e. The number of methoxy groups -OCH3 is 2. The lowest BCUT2D eigenvalue weighted by Gasteiger charge is -2.20. The van der Waals surface area contributed by atoms with Gasteiger partial charge < -0.3 is 19.3 Å². The highest BCUT2D eigenvalue weighted by Crippen LogP contribution is 2.38. The molecular formula is C16H20ClN3O3. The van der Waals surface area contributed by atoms with Crippen molar-refractivity contribution in [1.29, 1.82) is 0 Å². The minimum absolute atomic E-state index is 0.451. The van der Waals surface area contributed by atoms with E-state index >= 15 is 0 Å². The molecule has 3 rings (SSSR count). The highest BCUT2D eigenvalue weighted by molar-refractivity contribution is 6.32. The van der Waals surface area contributed by atoms with Crippen LogP contribution in [0.4, 0.5) is 0 Å². The Balaban J connectivity index is 1.81. The zero-order valence-electron chi connectivity index (χ0n) is 13.3. The second-order valence-corrected chi connectivity index (χ2v) is 6.01. The molecule has 124 valence electrons. The number of piperidine rings is 1. The van der Waals surface area contributed by atoms with E-state index < -0.39 is 0 Å². The van der Waals surface area contributed by atoms with Crippen molar-refractivity contribution in [3.05, 3.63) is 23.0 Å². The van der Waals surface area contributed by atoms with Gasteiger partial charge in [-0.2, -0.15) is 4.98 Å². The first-order chi connectivity index (χ1) is 11.2. The summed E-state index contributed by atoms with van der Waals surface area (Å²) in [6, 6.07) is 3.55. The van der Waals surface area contributed by atoms with Crippen LogP contribution in [0, 0.1) is 5.92 Å². The average molecular weight is 338 g/mol. The van der Waals surface area contributed by atoms with E-state index in [2.05, 4.69) is 15.5 Å². The molecule has 7 heteroatoms. The van der Waals surface area contributed by atoms with E-state index in [0.29, 0.717) is 34.2 Å². The fraction of sp³-hybridized carbons (Fsp3) is 0.500. The summed E-state index contributed by atoms with van der Waals surface area (Å²) in [5.74, 6) is 2.81. The van der Waals surface area contributed by atoms with Crippen LogP contribution in [0.3, 0.4) is 0 Å². The van der Waals surface area contributed by atoms with E-state index in [9.17, 15) is 0 Å². The third-order valence-corrected chi connectivity index (χ3v) is 4.36. The molecular weight excluding hydrogens is 318 g/mol. The summed E-state index contributed by atoms with van der Waals surface area (Å²) in [6.45, 7) is 2.11. The Bertz CT molecular complexity index is 669. The Labute approximate surface area is 140 Å². The van der Waals surface area contributed by atoms with Crippen LogP contribution >= 0.6 is 11.6 Å². The number of aromatic nitrogens is 2. The molecule has 1 fully saturated rings. The van der Waals surface area contributed by atoms with Gasteiger partial charge in [0.1, 0.15) is 0 Å². The van der Waals surface area contributed by atoms with Crippen LogP contribution in [0.15, 0.2) is 16.7 Å². The molecule has 1 N–H and O–H groups in total. The molecule has 0 unspecified atom stereocenters. The predicted molar refractivity (Wildman–Crippen MR) is 87.1 cm³/mol. The fourth-order valence-corrected chi connectivity index (χ4v) is 3.12. The van der Waals surface area contributed by atoms with E-state index in [1.165, 1.54) is 0 Å². The van der Waals surface area contributed by atoms with Crippen molar-refractivity contribution in [1.82, 2.24) is 15.5 Å². The minimum atomic E-state index is 0.451. The van der Waals surface area contributed by atoms with Crippen molar-refractivity contribution < 1.29 is 14.0 Å². The highest BCUT2D eigenvalue weighted by Gasteiger charge is 2.19.